The highest BCUT2D eigenvalue weighted by molar-refractivity contribution is 9.10. The maximum atomic E-state index is 5.85. The fraction of sp³-hybridized carbons (Fsp3) is 0.455. The van der Waals surface area contributed by atoms with E-state index in [4.69, 9.17) is 5.73 Å². The van der Waals surface area contributed by atoms with Gasteiger partial charge in [-0.25, -0.2) is 0 Å². The zero-order valence-electron chi connectivity index (χ0n) is 8.16. The molecule has 3 heteroatoms. The maximum absolute atomic E-state index is 5.85. The number of rotatable bonds is 2. The predicted octanol–water partition coefficient (Wildman–Crippen LogP) is 3.38. The first-order valence-corrected chi connectivity index (χ1v) is 6.63. The summed E-state index contributed by atoms with van der Waals surface area (Å²) in [5, 5.41) is 0. The second-order valence-electron chi connectivity index (χ2n) is 3.87. The molecule has 2 unspecified atom stereocenters. The minimum Gasteiger partial charge on any atom is -0.328 e. The van der Waals surface area contributed by atoms with Crippen LogP contribution in [0.2, 0.25) is 0 Å². The van der Waals surface area contributed by atoms with Crippen molar-refractivity contribution in [3.05, 3.63) is 28.2 Å². The third kappa shape index (κ3) is 2.00. The highest BCUT2D eigenvalue weighted by Gasteiger charge is 2.25. The van der Waals surface area contributed by atoms with E-state index in [1.54, 1.807) is 0 Å². The van der Waals surface area contributed by atoms with Crippen molar-refractivity contribution in [3.63, 3.8) is 0 Å². The lowest BCUT2D eigenvalue weighted by atomic mass is 9.95. The van der Waals surface area contributed by atoms with E-state index in [2.05, 4.69) is 41.1 Å². The van der Waals surface area contributed by atoms with Crippen molar-refractivity contribution in [1.29, 1.82) is 0 Å². The largest absolute Gasteiger partial charge is 0.328 e. The molecule has 2 atom stereocenters. The Bertz CT molecular complexity index is 338. The molecule has 76 valence electrons. The van der Waals surface area contributed by atoms with E-state index in [1.165, 1.54) is 20.7 Å². The van der Waals surface area contributed by atoms with Gasteiger partial charge in [-0.1, -0.05) is 22.0 Å². The fourth-order valence-electron chi connectivity index (χ4n) is 1.95. The van der Waals surface area contributed by atoms with Crippen LogP contribution in [0.1, 0.15) is 24.8 Å². The summed E-state index contributed by atoms with van der Waals surface area (Å²) in [5.74, 6) is 1.81. The second kappa shape index (κ2) is 4.25. The molecule has 0 radical (unpaired) electrons. The number of thioether (sulfide) groups is 1. The molecule has 0 amide bonds. The summed E-state index contributed by atoms with van der Waals surface area (Å²) in [7, 11) is 0. The molecule has 0 saturated carbocycles. The van der Waals surface area contributed by atoms with Crippen LogP contribution >= 0.6 is 27.7 Å². The van der Waals surface area contributed by atoms with E-state index in [0.29, 0.717) is 12.0 Å². The van der Waals surface area contributed by atoms with Gasteiger partial charge in [0.2, 0.25) is 0 Å². The van der Waals surface area contributed by atoms with Crippen LogP contribution in [-0.2, 0) is 0 Å². The molecule has 0 aliphatic carbocycles. The number of hydrogen-bond donors (Lipinski definition) is 1. The topological polar surface area (TPSA) is 26.0 Å². The molecule has 1 aliphatic heterocycles. The Kier molecular flexibility index (Phi) is 3.20. The van der Waals surface area contributed by atoms with Gasteiger partial charge in [0.25, 0.3) is 0 Å². The number of halogens is 1. The minimum atomic E-state index is 0.290. The Morgan fingerprint density at radius 1 is 1.64 bits per heavy atom. The fourth-order valence-corrected chi connectivity index (χ4v) is 4.06. The lowest BCUT2D eigenvalue weighted by molar-refractivity contribution is 0.591. The van der Waals surface area contributed by atoms with Crippen LogP contribution in [0.3, 0.4) is 0 Å². The van der Waals surface area contributed by atoms with E-state index in [1.807, 2.05) is 11.8 Å². The van der Waals surface area contributed by atoms with Crippen LogP contribution in [0.4, 0.5) is 0 Å². The van der Waals surface area contributed by atoms with Crippen LogP contribution in [0.5, 0.6) is 0 Å². The SMILES string of the molecule is CC(N)CC1CSc2cccc(Br)c21. The zero-order chi connectivity index (χ0) is 10.1. The molecule has 14 heavy (non-hydrogen) atoms. The van der Waals surface area contributed by atoms with Crippen LogP contribution in [-0.4, -0.2) is 11.8 Å². The summed E-state index contributed by atoms with van der Waals surface area (Å²) in [6, 6.07) is 6.72. The third-order valence-corrected chi connectivity index (χ3v) is 4.45. The smallest absolute Gasteiger partial charge is 0.0221 e. The number of fused-ring (bicyclic) bond motifs is 1. The Hall–Kier alpha value is 0.01000. The van der Waals surface area contributed by atoms with E-state index in [-0.39, 0.29) is 0 Å². The van der Waals surface area contributed by atoms with Crippen molar-refractivity contribution in [1.82, 2.24) is 0 Å². The van der Waals surface area contributed by atoms with Crippen molar-refractivity contribution in [3.8, 4) is 0 Å². The molecule has 0 aromatic heterocycles. The molecular weight excluding hydrogens is 258 g/mol. The highest BCUT2D eigenvalue weighted by Crippen LogP contribution is 2.44. The van der Waals surface area contributed by atoms with Crippen LogP contribution in [0.15, 0.2) is 27.6 Å². The van der Waals surface area contributed by atoms with Gasteiger partial charge in [0.15, 0.2) is 0 Å². The van der Waals surface area contributed by atoms with Gasteiger partial charge < -0.3 is 5.73 Å². The summed E-state index contributed by atoms with van der Waals surface area (Å²) < 4.78 is 1.24. The molecule has 2 N–H and O–H groups in total. The van der Waals surface area contributed by atoms with E-state index in [0.717, 1.165) is 6.42 Å². The number of benzene rings is 1. The van der Waals surface area contributed by atoms with Crippen molar-refractivity contribution in [2.75, 3.05) is 5.75 Å². The Morgan fingerprint density at radius 3 is 3.14 bits per heavy atom. The van der Waals surface area contributed by atoms with Crippen molar-refractivity contribution in [2.24, 2.45) is 5.73 Å². The molecule has 2 rings (SSSR count). The Morgan fingerprint density at radius 2 is 2.43 bits per heavy atom. The van der Waals surface area contributed by atoms with Gasteiger partial charge in [-0.05, 0) is 37.0 Å². The van der Waals surface area contributed by atoms with Gasteiger partial charge in [-0.2, -0.15) is 0 Å². The first kappa shape index (κ1) is 10.5. The molecule has 0 bridgehead atoms. The summed E-state index contributed by atoms with van der Waals surface area (Å²) in [6.07, 6.45) is 1.09. The van der Waals surface area contributed by atoms with E-state index >= 15 is 0 Å². The molecule has 1 heterocycles. The maximum Gasteiger partial charge on any atom is 0.0221 e. The van der Waals surface area contributed by atoms with Gasteiger partial charge >= 0.3 is 0 Å². The van der Waals surface area contributed by atoms with E-state index < -0.39 is 0 Å². The molecule has 0 saturated heterocycles. The van der Waals surface area contributed by atoms with Crippen molar-refractivity contribution in [2.45, 2.75) is 30.2 Å². The Balaban J connectivity index is 2.29. The van der Waals surface area contributed by atoms with Gasteiger partial charge in [0.1, 0.15) is 0 Å². The van der Waals surface area contributed by atoms with Crippen LogP contribution in [0.25, 0.3) is 0 Å². The quantitative estimate of drug-likeness (QED) is 0.893. The van der Waals surface area contributed by atoms with Crippen molar-refractivity contribution >= 4 is 27.7 Å². The normalized spacial score (nSPS) is 22.1. The molecule has 0 spiro atoms. The van der Waals surface area contributed by atoms with Gasteiger partial charge in [-0.15, -0.1) is 11.8 Å². The summed E-state index contributed by atoms with van der Waals surface area (Å²) in [5.41, 5.74) is 7.32. The highest BCUT2D eigenvalue weighted by atomic mass is 79.9. The van der Waals surface area contributed by atoms with Crippen LogP contribution in [0, 0.1) is 0 Å². The van der Waals surface area contributed by atoms with Gasteiger partial charge in [-0.3, -0.25) is 0 Å². The van der Waals surface area contributed by atoms with Crippen LogP contribution < -0.4 is 5.73 Å². The van der Waals surface area contributed by atoms with E-state index in [9.17, 15) is 0 Å². The average molecular weight is 272 g/mol. The number of hydrogen-bond acceptors (Lipinski definition) is 2. The molecule has 1 aliphatic rings. The van der Waals surface area contributed by atoms with Gasteiger partial charge in [0.05, 0.1) is 0 Å². The minimum absolute atomic E-state index is 0.290. The number of nitrogens with two attached hydrogens (primary N) is 1. The Labute approximate surface area is 97.6 Å². The summed E-state index contributed by atoms with van der Waals surface area (Å²) >= 11 is 5.57. The first-order chi connectivity index (χ1) is 6.68. The standard InChI is InChI=1S/C11H14BrNS/c1-7(13)5-8-6-14-10-4-2-3-9(12)11(8)10/h2-4,7-8H,5-6,13H2,1H3. The molecule has 1 aromatic rings. The summed E-state index contributed by atoms with van der Waals surface area (Å²) in [6.45, 7) is 2.08. The first-order valence-electron chi connectivity index (χ1n) is 4.85. The predicted molar refractivity (Wildman–Crippen MR) is 65.9 cm³/mol. The van der Waals surface area contributed by atoms with Gasteiger partial charge in [0, 0.05) is 21.2 Å². The molecule has 1 aromatic carbocycles. The lowest BCUT2D eigenvalue weighted by Gasteiger charge is -2.14. The second-order valence-corrected chi connectivity index (χ2v) is 5.79. The molecule has 1 nitrogen and oxygen atoms in total. The lowest BCUT2D eigenvalue weighted by Crippen LogP contribution is -2.18. The molecular formula is C11H14BrNS. The zero-order valence-corrected chi connectivity index (χ0v) is 10.6. The summed E-state index contributed by atoms with van der Waals surface area (Å²) in [4.78, 5) is 1.42. The average Bonchev–Trinajstić information content (AvgIpc) is 2.49. The third-order valence-electron chi connectivity index (χ3n) is 2.52. The molecule has 0 fully saturated rings. The van der Waals surface area contributed by atoms with Crippen molar-refractivity contribution < 1.29 is 0 Å². The monoisotopic (exact) mass is 271 g/mol.